The Balaban J connectivity index is 1.62. The van der Waals surface area contributed by atoms with E-state index >= 15 is 0 Å². The van der Waals surface area contributed by atoms with Crippen LogP contribution in [0.3, 0.4) is 0 Å². The highest BCUT2D eigenvalue weighted by atomic mass is 35.5. The Kier molecular flexibility index (Phi) is 4.89. The number of aromatic nitrogens is 3. The Morgan fingerprint density at radius 3 is 2.75 bits per heavy atom. The Morgan fingerprint density at radius 2 is 2.00 bits per heavy atom. The molecule has 0 aliphatic heterocycles. The van der Waals surface area contributed by atoms with E-state index in [-0.39, 0.29) is 17.9 Å². The van der Waals surface area contributed by atoms with Crippen molar-refractivity contribution < 1.29 is 12.8 Å². The van der Waals surface area contributed by atoms with Gasteiger partial charge in [0.1, 0.15) is 5.69 Å². The molecule has 1 aromatic carbocycles. The second-order valence-corrected chi connectivity index (χ2v) is 7.02. The number of pyridine rings is 1. The third kappa shape index (κ3) is 3.97. The molecule has 0 aliphatic carbocycles. The fourth-order valence-electron chi connectivity index (χ4n) is 1.96. The monoisotopic (exact) mass is 364 g/mol. The van der Waals surface area contributed by atoms with E-state index in [0.29, 0.717) is 22.5 Å². The Morgan fingerprint density at radius 1 is 1.12 bits per heavy atom. The second-order valence-electron chi connectivity index (χ2n) is 4.82. The summed E-state index contributed by atoms with van der Waals surface area (Å²) in [6, 6.07) is 11.4. The number of benzene rings is 1. The molecule has 1 N–H and O–H groups in total. The van der Waals surface area contributed by atoms with Gasteiger partial charge in [-0.05, 0) is 30.3 Å². The highest BCUT2D eigenvalue weighted by Crippen LogP contribution is 2.16. The highest BCUT2D eigenvalue weighted by Gasteiger charge is 2.15. The molecule has 7 nitrogen and oxygen atoms in total. The van der Waals surface area contributed by atoms with Crippen LogP contribution in [0.15, 0.2) is 58.0 Å². The van der Waals surface area contributed by atoms with Gasteiger partial charge in [-0.3, -0.25) is 4.98 Å². The summed E-state index contributed by atoms with van der Waals surface area (Å²) >= 11 is 5.81. The molecular formula is C15H13ClN4O3S. The van der Waals surface area contributed by atoms with Gasteiger partial charge in [-0.25, -0.2) is 13.1 Å². The van der Waals surface area contributed by atoms with Crippen LogP contribution >= 0.6 is 11.6 Å². The molecule has 124 valence electrons. The molecule has 0 bridgehead atoms. The van der Waals surface area contributed by atoms with E-state index in [2.05, 4.69) is 19.9 Å². The van der Waals surface area contributed by atoms with Gasteiger partial charge in [0.15, 0.2) is 0 Å². The van der Waals surface area contributed by atoms with E-state index in [4.69, 9.17) is 16.0 Å². The molecule has 0 fully saturated rings. The number of nitrogens with one attached hydrogen (secondary N) is 1. The van der Waals surface area contributed by atoms with Crippen LogP contribution in [0, 0.1) is 0 Å². The molecule has 0 unspecified atom stereocenters. The van der Waals surface area contributed by atoms with Gasteiger partial charge in [0, 0.05) is 24.2 Å². The maximum Gasteiger partial charge on any atom is 0.266 e. The summed E-state index contributed by atoms with van der Waals surface area (Å²) in [4.78, 5) is 4.22. The predicted molar refractivity (Wildman–Crippen MR) is 87.9 cm³/mol. The van der Waals surface area contributed by atoms with E-state index in [1.165, 1.54) is 12.1 Å². The van der Waals surface area contributed by atoms with E-state index in [1.54, 1.807) is 30.5 Å². The van der Waals surface area contributed by atoms with Gasteiger partial charge in [-0.1, -0.05) is 23.7 Å². The van der Waals surface area contributed by atoms with Crippen LogP contribution in [0.25, 0.3) is 11.6 Å². The van der Waals surface area contributed by atoms with Crippen molar-refractivity contribution in [3.8, 4) is 11.6 Å². The average Bonchev–Trinajstić information content (AvgIpc) is 3.04. The maximum atomic E-state index is 12.2. The van der Waals surface area contributed by atoms with Gasteiger partial charge < -0.3 is 4.42 Å². The number of halogens is 1. The summed E-state index contributed by atoms with van der Waals surface area (Å²) < 4.78 is 32.2. The van der Waals surface area contributed by atoms with Crippen molar-refractivity contribution >= 4 is 21.6 Å². The standard InChI is InChI=1S/C15H13ClN4O3S/c16-11-4-3-5-12(10-11)24(21,22)18-9-7-14-19-20-15(23-14)13-6-1-2-8-17-13/h1-6,8,10,18H,7,9H2. The van der Waals surface area contributed by atoms with Crippen LogP contribution in [0.1, 0.15) is 5.89 Å². The van der Waals surface area contributed by atoms with E-state index in [9.17, 15) is 8.42 Å². The normalized spacial score (nSPS) is 11.5. The molecule has 0 saturated heterocycles. The summed E-state index contributed by atoms with van der Waals surface area (Å²) in [5.74, 6) is 0.618. The molecule has 24 heavy (non-hydrogen) atoms. The van der Waals surface area contributed by atoms with Crippen molar-refractivity contribution in [1.29, 1.82) is 0 Å². The maximum absolute atomic E-state index is 12.2. The van der Waals surface area contributed by atoms with Gasteiger partial charge >= 0.3 is 0 Å². The Bertz CT molecular complexity index is 929. The zero-order valence-electron chi connectivity index (χ0n) is 12.4. The van der Waals surface area contributed by atoms with Crippen LogP contribution in [0.4, 0.5) is 0 Å². The van der Waals surface area contributed by atoms with Crippen LogP contribution in [0.5, 0.6) is 0 Å². The summed E-state index contributed by atoms with van der Waals surface area (Å²) in [7, 11) is -3.63. The molecular weight excluding hydrogens is 352 g/mol. The number of sulfonamides is 1. The lowest BCUT2D eigenvalue weighted by Crippen LogP contribution is -2.26. The van der Waals surface area contributed by atoms with Crippen LogP contribution in [0.2, 0.25) is 5.02 Å². The van der Waals surface area contributed by atoms with Crippen molar-refractivity contribution in [1.82, 2.24) is 19.9 Å². The lowest BCUT2D eigenvalue weighted by Gasteiger charge is -2.05. The molecule has 0 amide bonds. The first-order valence-corrected chi connectivity index (χ1v) is 8.90. The topological polar surface area (TPSA) is 98.0 Å². The van der Waals surface area contributed by atoms with E-state index < -0.39 is 10.0 Å². The first kappa shape index (κ1) is 16.6. The first-order valence-electron chi connectivity index (χ1n) is 7.03. The number of hydrogen-bond acceptors (Lipinski definition) is 6. The number of nitrogens with zero attached hydrogens (tertiary/aromatic N) is 3. The van der Waals surface area contributed by atoms with Crippen molar-refractivity contribution in [2.24, 2.45) is 0 Å². The van der Waals surface area contributed by atoms with Crippen molar-refractivity contribution in [2.75, 3.05) is 6.54 Å². The van der Waals surface area contributed by atoms with E-state index in [0.717, 1.165) is 0 Å². The minimum atomic E-state index is -3.63. The number of hydrogen-bond donors (Lipinski definition) is 1. The SMILES string of the molecule is O=S(=O)(NCCc1nnc(-c2ccccn2)o1)c1cccc(Cl)c1. The Labute approximate surface area is 143 Å². The van der Waals surface area contributed by atoms with Crippen LogP contribution in [-0.2, 0) is 16.4 Å². The van der Waals surface area contributed by atoms with Gasteiger partial charge in [0.2, 0.25) is 15.9 Å². The van der Waals surface area contributed by atoms with Gasteiger partial charge in [-0.2, -0.15) is 0 Å². The smallest absolute Gasteiger partial charge is 0.266 e. The summed E-state index contributed by atoms with van der Waals surface area (Å²) in [5, 5.41) is 8.14. The molecule has 0 radical (unpaired) electrons. The summed E-state index contributed by atoms with van der Waals surface area (Å²) in [6.45, 7) is 0.124. The second kappa shape index (κ2) is 7.08. The predicted octanol–water partition coefficient (Wildman–Crippen LogP) is 2.31. The van der Waals surface area contributed by atoms with Gasteiger partial charge in [-0.15, -0.1) is 10.2 Å². The first-order chi connectivity index (χ1) is 11.5. The summed E-state index contributed by atoms with van der Waals surface area (Å²) in [6.07, 6.45) is 1.89. The van der Waals surface area contributed by atoms with Crippen LogP contribution in [-0.4, -0.2) is 30.1 Å². The lowest BCUT2D eigenvalue weighted by atomic mass is 10.3. The third-order valence-corrected chi connectivity index (χ3v) is 4.78. The zero-order chi connectivity index (χ0) is 17.0. The fourth-order valence-corrected chi connectivity index (χ4v) is 3.29. The van der Waals surface area contributed by atoms with Gasteiger partial charge in [0.05, 0.1) is 4.90 Å². The largest absolute Gasteiger partial charge is 0.419 e. The van der Waals surface area contributed by atoms with Crippen molar-refractivity contribution in [3.05, 3.63) is 59.6 Å². The zero-order valence-corrected chi connectivity index (χ0v) is 14.0. The van der Waals surface area contributed by atoms with Crippen LogP contribution < -0.4 is 4.72 Å². The van der Waals surface area contributed by atoms with E-state index in [1.807, 2.05) is 6.07 Å². The molecule has 0 aliphatic rings. The molecule has 3 aromatic rings. The molecule has 0 spiro atoms. The highest BCUT2D eigenvalue weighted by molar-refractivity contribution is 7.89. The molecule has 2 aromatic heterocycles. The lowest BCUT2D eigenvalue weighted by molar-refractivity contribution is 0.500. The van der Waals surface area contributed by atoms with Crippen molar-refractivity contribution in [3.63, 3.8) is 0 Å². The number of rotatable bonds is 6. The molecule has 0 atom stereocenters. The minimum Gasteiger partial charge on any atom is -0.419 e. The molecule has 0 saturated carbocycles. The summed E-state index contributed by atoms with van der Waals surface area (Å²) in [5.41, 5.74) is 0.566. The molecule has 2 heterocycles. The molecule has 9 heteroatoms. The molecule has 3 rings (SSSR count). The average molecular weight is 365 g/mol. The third-order valence-electron chi connectivity index (χ3n) is 3.09. The van der Waals surface area contributed by atoms with Gasteiger partial charge in [0.25, 0.3) is 5.89 Å². The minimum absolute atomic E-state index is 0.106. The van der Waals surface area contributed by atoms with Crippen molar-refractivity contribution in [2.45, 2.75) is 11.3 Å². The Hall–Kier alpha value is -2.29. The fraction of sp³-hybridized carbons (Fsp3) is 0.133. The quantitative estimate of drug-likeness (QED) is 0.720.